The lowest BCUT2D eigenvalue weighted by atomic mass is 9.86. The first-order chi connectivity index (χ1) is 10.6. The average molecular weight is 313 g/mol. The van der Waals surface area contributed by atoms with Gasteiger partial charge in [-0.1, -0.05) is 26.2 Å². The first-order valence-corrected chi connectivity index (χ1v) is 8.68. The van der Waals surface area contributed by atoms with Crippen molar-refractivity contribution in [1.82, 2.24) is 4.90 Å². The van der Waals surface area contributed by atoms with Gasteiger partial charge in [-0.25, -0.2) is 0 Å². The molecular formula is C17H31NO4. The molecule has 128 valence electrons. The van der Waals surface area contributed by atoms with Crippen molar-refractivity contribution in [3.8, 4) is 0 Å². The molecule has 0 spiro atoms. The van der Waals surface area contributed by atoms with Gasteiger partial charge in [0.2, 0.25) is 5.91 Å². The second kappa shape index (κ2) is 10.6. The van der Waals surface area contributed by atoms with E-state index < -0.39 is 0 Å². The summed E-state index contributed by atoms with van der Waals surface area (Å²) in [6, 6.07) is -0.203. The van der Waals surface area contributed by atoms with Crippen molar-refractivity contribution in [3.05, 3.63) is 0 Å². The Morgan fingerprint density at radius 1 is 1.23 bits per heavy atom. The van der Waals surface area contributed by atoms with Crippen molar-refractivity contribution in [2.75, 3.05) is 19.8 Å². The average Bonchev–Trinajstić information content (AvgIpc) is 2.52. The summed E-state index contributed by atoms with van der Waals surface area (Å²) in [6.45, 7) is 4.35. The molecule has 1 rings (SSSR count). The molecule has 0 heterocycles. The molecule has 0 saturated heterocycles. The molecule has 0 aromatic heterocycles. The lowest BCUT2D eigenvalue weighted by Gasteiger charge is -2.32. The SMILES string of the molecule is CCOC(=O)CCN(C(=O)CC1CCCCC1)C(CC)CO. The van der Waals surface area contributed by atoms with E-state index in [-0.39, 0.29) is 30.9 Å². The van der Waals surface area contributed by atoms with Crippen molar-refractivity contribution >= 4 is 11.9 Å². The quantitative estimate of drug-likeness (QED) is 0.664. The third-order valence-electron chi connectivity index (χ3n) is 4.49. The molecular weight excluding hydrogens is 282 g/mol. The van der Waals surface area contributed by atoms with Gasteiger partial charge >= 0.3 is 5.97 Å². The third kappa shape index (κ3) is 6.34. The Morgan fingerprint density at radius 2 is 1.91 bits per heavy atom. The van der Waals surface area contributed by atoms with E-state index in [1.165, 1.54) is 19.3 Å². The number of amides is 1. The van der Waals surface area contributed by atoms with Gasteiger partial charge in [0.25, 0.3) is 0 Å². The van der Waals surface area contributed by atoms with Crippen LogP contribution in [0.4, 0.5) is 0 Å². The highest BCUT2D eigenvalue weighted by atomic mass is 16.5. The second-order valence-electron chi connectivity index (χ2n) is 6.09. The Labute approximate surface area is 134 Å². The van der Waals surface area contributed by atoms with Crippen LogP contribution in [0.2, 0.25) is 0 Å². The zero-order valence-electron chi connectivity index (χ0n) is 14.1. The molecule has 1 aliphatic carbocycles. The zero-order valence-corrected chi connectivity index (χ0v) is 14.1. The van der Waals surface area contributed by atoms with Crippen molar-refractivity contribution in [1.29, 1.82) is 0 Å². The van der Waals surface area contributed by atoms with E-state index in [2.05, 4.69) is 0 Å². The lowest BCUT2D eigenvalue weighted by Crippen LogP contribution is -2.44. The number of esters is 1. The van der Waals surface area contributed by atoms with Crippen LogP contribution in [0.5, 0.6) is 0 Å². The van der Waals surface area contributed by atoms with Gasteiger partial charge in [-0.15, -0.1) is 0 Å². The highest BCUT2D eigenvalue weighted by Gasteiger charge is 2.26. The molecule has 5 nitrogen and oxygen atoms in total. The number of carbonyl (C=O) groups is 2. The molecule has 0 aliphatic heterocycles. The van der Waals surface area contributed by atoms with E-state index in [4.69, 9.17) is 4.74 Å². The fraction of sp³-hybridized carbons (Fsp3) is 0.882. The highest BCUT2D eigenvalue weighted by Crippen LogP contribution is 2.27. The molecule has 1 atom stereocenters. The largest absolute Gasteiger partial charge is 0.466 e. The maximum absolute atomic E-state index is 12.6. The summed E-state index contributed by atoms with van der Waals surface area (Å²) in [5, 5.41) is 9.51. The third-order valence-corrected chi connectivity index (χ3v) is 4.49. The number of rotatable bonds is 9. The van der Waals surface area contributed by atoms with Gasteiger partial charge in [-0.3, -0.25) is 9.59 Å². The van der Waals surface area contributed by atoms with Gasteiger partial charge in [-0.05, 0) is 32.1 Å². The topological polar surface area (TPSA) is 66.8 Å². The van der Waals surface area contributed by atoms with Crippen LogP contribution < -0.4 is 0 Å². The van der Waals surface area contributed by atoms with Crippen LogP contribution in [0, 0.1) is 5.92 Å². The summed E-state index contributed by atoms with van der Waals surface area (Å²) in [4.78, 5) is 25.8. The Kier molecular flexibility index (Phi) is 9.13. The molecule has 22 heavy (non-hydrogen) atoms. The maximum Gasteiger partial charge on any atom is 0.307 e. The van der Waals surface area contributed by atoms with Crippen LogP contribution in [0.3, 0.4) is 0 Å². The van der Waals surface area contributed by atoms with Gasteiger partial charge < -0.3 is 14.7 Å². The van der Waals surface area contributed by atoms with E-state index in [0.29, 0.717) is 31.9 Å². The van der Waals surface area contributed by atoms with Crippen LogP contribution in [-0.4, -0.2) is 47.7 Å². The molecule has 1 fully saturated rings. The van der Waals surface area contributed by atoms with Crippen molar-refractivity contribution in [2.24, 2.45) is 5.92 Å². The van der Waals surface area contributed by atoms with E-state index in [1.807, 2.05) is 6.92 Å². The predicted octanol–water partition coefficient (Wildman–Crippen LogP) is 2.51. The molecule has 1 N–H and O–H groups in total. The summed E-state index contributed by atoms with van der Waals surface area (Å²) in [5.74, 6) is 0.241. The van der Waals surface area contributed by atoms with Crippen LogP contribution in [-0.2, 0) is 14.3 Å². The summed E-state index contributed by atoms with van der Waals surface area (Å²) < 4.78 is 4.93. The summed E-state index contributed by atoms with van der Waals surface area (Å²) in [5.41, 5.74) is 0. The first-order valence-electron chi connectivity index (χ1n) is 8.68. The van der Waals surface area contributed by atoms with Crippen molar-refractivity contribution < 1.29 is 19.4 Å². The maximum atomic E-state index is 12.6. The van der Waals surface area contributed by atoms with Crippen LogP contribution >= 0.6 is 0 Å². The molecule has 5 heteroatoms. The minimum atomic E-state index is -0.286. The van der Waals surface area contributed by atoms with Gasteiger partial charge in [-0.2, -0.15) is 0 Å². The van der Waals surface area contributed by atoms with Gasteiger partial charge in [0.1, 0.15) is 0 Å². The molecule has 0 aromatic carbocycles. The smallest absolute Gasteiger partial charge is 0.307 e. The van der Waals surface area contributed by atoms with E-state index >= 15 is 0 Å². The Balaban J connectivity index is 2.58. The molecule has 1 aliphatic rings. The van der Waals surface area contributed by atoms with Crippen molar-refractivity contribution in [2.45, 2.75) is 71.3 Å². The number of hydrogen-bond acceptors (Lipinski definition) is 4. The van der Waals surface area contributed by atoms with Crippen LogP contribution in [0.1, 0.15) is 65.2 Å². The Bertz CT molecular complexity index is 336. The minimum Gasteiger partial charge on any atom is -0.466 e. The highest BCUT2D eigenvalue weighted by molar-refractivity contribution is 5.78. The van der Waals surface area contributed by atoms with Gasteiger partial charge in [0, 0.05) is 13.0 Å². The molecule has 1 saturated carbocycles. The fourth-order valence-corrected chi connectivity index (χ4v) is 3.16. The lowest BCUT2D eigenvalue weighted by molar-refractivity contribution is -0.145. The van der Waals surface area contributed by atoms with E-state index in [9.17, 15) is 14.7 Å². The summed E-state index contributed by atoms with van der Waals surface area (Å²) >= 11 is 0. The van der Waals surface area contributed by atoms with Crippen molar-refractivity contribution in [3.63, 3.8) is 0 Å². The van der Waals surface area contributed by atoms with Gasteiger partial charge in [0.15, 0.2) is 0 Å². The van der Waals surface area contributed by atoms with Gasteiger partial charge in [0.05, 0.1) is 25.7 Å². The monoisotopic (exact) mass is 313 g/mol. The molecule has 0 aromatic rings. The molecule has 0 radical (unpaired) electrons. The number of ether oxygens (including phenoxy) is 1. The zero-order chi connectivity index (χ0) is 16.4. The molecule has 1 unspecified atom stereocenters. The normalized spacial score (nSPS) is 17.0. The Hall–Kier alpha value is -1.10. The number of carbonyl (C=O) groups excluding carboxylic acids is 2. The molecule has 0 bridgehead atoms. The molecule has 1 amide bonds. The first kappa shape index (κ1) is 18.9. The minimum absolute atomic E-state index is 0.0598. The standard InChI is InChI=1S/C17H31NO4/c1-3-15(13-19)18(11-10-17(21)22-4-2)16(20)12-14-8-6-5-7-9-14/h14-15,19H,3-13H2,1-2H3. The van der Waals surface area contributed by atoms with Crippen LogP contribution in [0.15, 0.2) is 0 Å². The Morgan fingerprint density at radius 3 is 2.45 bits per heavy atom. The second-order valence-corrected chi connectivity index (χ2v) is 6.09. The number of nitrogens with zero attached hydrogens (tertiary/aromatic N) is 1. The van der Waals surface area contributed by atoms with E-state index in [0.717, 1.165) is 12.8 Å². The summed E-state index contributed by atoms with van der Waals surface area (Å²) in [6.07, 6.45) is 7.35. The fourth-order valence-electron chi connectivity index (χ4n) is 3.16. The predicted molar refractivity (Wildman–Crippen MR) is 85.3 cm³/mol. The van der Waals surface area contributed by atoms with Crippen LogP contribution in [0.25, 0.3) is 0 Å². The van der Waals surface area contributed by atoms with E-state index in [1.54, 1.807) is 11.8 Å². The number of aliphatic hydroxyl groups excluding tert-OH is 1. The summed E-state index contributed by atoms with van der Waals surface area (Å²) in [7, 11) is 0. The number of hydrogen-bond donors (Lipinski definition) is 1. The number of aliphatic hydroxyl groups is 1.